The molecule has 0 fully saturated rings. The Labute approximate surface area is 159 Å². The first-order valence-electron chi connectivity index (χ1n) is 8.77. The van der Waals surface area contributed by atoms with Crippen molar-refractivity contribution >= 4 is 5.91 Å². The Hall–Kier alpha value is -3.16. The summed E-state index contributed by atoms with van der Waals surface area (Å²) in [6.45, 7) is 4.18. The Morgan fingerprint density at radius 3 is 2.54 bits per heavy atom. The topological polar surface area (TPSA) is 59.8 Å². The molecule has 2 aromatic heterocycles. The molecule has 1 atom stereocenters. The summed E-state index contributed by atoms with van der Waals surface area (Å²) in [5, 5.41) is 7.45. The van der Waals surface area contributed by atoms with Gasteiger partial charge in [-0.15, -0.1) is 0 Å². The highest BCUT2D eigenvalue weighted by Crippen LogP contribution is 2.39. The van der Waals surface area contributed by atoms with Crippen LogP contribution in [0.25, 0.3) is 22.4 Å². The van der Waals surface area contributed by atoms with Gasteiger partial charge in [-0.25, -0.2) is 0 Å². The van der Waals surface area contributed by atoms with Crippen molar-refractivity contribution in [2.75, 3.05) is 6.54 Å². The second kappa shape index (κ2) is 6.47. The van der Waals surface area contributed by atoms with Crippen LogP contribution in [-0.4, -0.2) is 27.2 Å². The van der Waals surface area contributed by atoms with Crippen molar-refractivity contribution in [3.05, 3.63) is 59.5 Å². The van der Waals surface area contributed by atoms with Crippen molar-refractivity contribution in [2.45, 2.75) is 26.1 Å². The molecule has 0 radical (unpaired) electrons. The predicted octanol–water partition coefficient (Wildman–Crippen LogP) is 4.24. The Morgan fingerprint density at radius 2 is 1.89 bits per heavy atom. The molecule has 1 N–H and O–H groups in total. The maximum Gasteiger partial charge on any atom is 0.416 e. The number of aromatic nitrogens is 3. The maximum atomic E-state index is 12.9. The predicted molar refractivity (Wildman–Crippen MR) is 97.7 cm³/mol. The number of pyridine rings is 1. The summed E-state index contributed by atoms with van der Waals surface area (Å²) in [5.74, 6) is -0.262. The Kier molecular flexibility index (Phi) is 4.21. The van der Waals surface area contributed by atoms with Crippen LogP contribution in [0.15, 0.2) is 42.6 Å². The van der Waals surface area contributed by atoms with E-state index in [-0.39, 0.29) is 11.9 Å². The lowest BCUT2D eigenvalue weighted by molar-refractivity contribution is -0.137. The molecule has 1 aromatic carbocycles. The molecular formula is C20H17F3N4O. The summed E-state index contributed by atoms with van der Waals surface area (Å²) in [6, 6.07) is 8.33. The van der Waals surface area contributed by atoms with Gasteiger partial charge in [0.2, 0.25) is 0 Å². The number of carbonyl (C=O) groups excluding carboxylic acids is 1. The van der Waals surface area contributed by atoms with Crippen LogP contribution in [0.5, 0.6) is 0 Å². The van der Waals surface area contributed by atoms with Crippen LogP contribution >= 0.6 is 0 Å². The second-order valence-electron chi connectivity index (χ2n) is 6.79. The average molecular weight is 386 g/mol. The molecule has 144 valence electrons. The van der Waals surface area contributed by atoms with Gasteiger partial charge in [-0.05, 0) is 32.0 Å². The van der Waals surface area contributed by atoms with Crippen molar-refractivity contribution in [3.8, 4) is 22.4 Å². The molecule has 8 heteroatoms. The monoisotopic (exact) mass is 386 g/mol. The van der Waals surface area contributed by atoms with E-state index in [1.165, 1.54) is 12.1 Å². The maximum absolute atomic E-state index is 12.9. The van der Waals surface area contributed by atoms with E-state index in [9.17, 15) is 18.0 Å². The summed E-state index contributed by atoms with van der Waals surface area (Å²) in [4.78, 5) is 16.9. The van der Waals surface area contributed by atoms with E-state index < -0.39 is 11.7 Å². The first-order valence-corrected chi connectivity index (χ1v) is 8.77. The second-order valence-corrected chi connectivity index (χ2v) is 6.79. The molecule has 0 aliphatic carbocycles. The van der Waals surface area contributed by atoms with Crippen molar-refractivity contribution in [1.29, 1.82) is 0 Å². The molecule has 28 heavy (non-hydrogen) atoms. The van der Waals surface area contributed by atoms with Gasteiger partial charge < -0.3 is 5.32 Å². The van der Waals surface area contributed by atoms with Gasteiger partial charge in [-0.2, -0.15) is 18.3 Å². The number of nitrogens with one attached hydrogen (secondary N) is 1. The van der Waals surface area contributed by atoms with Crippen LogP contribution in [0.4, 0.5) is 13.2 Å². The molecule has 0 saturated carbocycles. The molecule has 1 aliphatic rings. The lowest BCUT2D eigenvalue weighted by Crippen LogP contribution is -2.38. The van der Waals surface area contributed by atoms with E-state index in [1.807, 2.05) is 19.9 Å². The smallest absolute Gasteiger partial charge is 0.349 e. The standard InChI is InChI=1S/C20H17F3N4O/c1-11-10-25-19(28)18-16(15-4-3-9-24-12(15)2)17(26-27(11)18)13-5-7-14(8-6-13)20(21,22)23/h3-9,11H,10H2,1-2H3,(H,25,28)/t11-/m1/s1. The van der Waals surface area contributed by atoms with E-state index in [2.05, 4.69) is 15.4 Å². The molecule has 0 bridgehead atoms. The van der Waals surface area contributed by atoms with Gasteiger partial charge in [0.1, 0.15) is 11.4 Å². The lowest BCUT2D eigenvalue weighted by Gasteiger charge is -2.22. The molecule has 4 rings (SSSR count). The number of nitrogens with zero attached hydrogens (tertiary/aromatic N) is 3. The minimum Gasteiger partial charge on any atom is -0.349 e. The van der Waals surface area contributed by atoms with E-state index in [0.29, 0.717) is 34.8 Å². The summed E-state index contributed by atoms with van der Waals surface area (Å²) >= 11 is 0. The van der Waals surface area contributed by atoms with Gasteiger partial charge in [-0.1, -0.05) is 18.2 Å². The lowest BCUT2D eigenvalue weighted by atomic mass is 9.96. The average Bonchev–Trinajstić information content (AvgIpc) is 3.06. The van der Waals surface area contributed by atoms with E-state index in [4.69, 9.17) is 0 Å². The number of halogens is 3. The summed E-state index contributed by atoms with van der Waals surface area (Å²) in [7, 11) is 0. The van der Waals surface area contributed by atoms with Crippen molar-refractivity contribution in [3.63, 3.8) is 0 Å². The van der Waals surface area contributed by atoms with Crippen molar-refractivity contribution in [1.82, 2.24) is 20.1 Å². The van der Waals surface area contributed by atoms with Crippen LogP contribution in [0.1, 0.15) is 34.7 Å². The third kappa shape index (κ3) is 2.94. The number of rotatable bonds is 2. The zero-order valence-corrected chi connectivity index (χ0v) is 15.2. The molecule has 1 aliphatic heterocycles. The molecule has 0 unspecified atom stereocenters. The number of hydrogen-bond donors (Lipinski definition) is 1. The molecule has 3 aromatic rings. The molecule has 1 amide bonds. The Morgan fingerprint density at radius 1 is 1.18 bits per heavy atom. The van der Waals surface area contributed by atoms with E-state index in [1.54, 1.807) is 16.9 Å². The number of carbonyl (C=O) groups is 1. The number of benzene rings is 1. The minimum atomic E-state index is -4.41. The van der Waals surface area contributed by atoms with Gasteiger partial charge in [0.15, 0.2) is 0 Å². The van der Waals surface area contributed by atoms with Gasteiger partial charge in [-0.3, -0.25) is 14.5 Å². The molecule has 0 saturated heterocycles. The summed E-state index contributed by atoms with van der Waals surface area (Å²) in [5.41, 5.74) is 2.64. The largest absolute Gasteiger partial charge is 0.416 e. The van der Waals surface area contributed by atoms with Crippen molar-refractivity contribution in [2.24, 2.45) is 0 Å². The van der Waals surface area contributed by atoms with Crippen LogP contribution < -0.4 is 5.32 Å². The zero-order chi connectivity index (χ0) is 20.1. The molecular weight excluding hydrogens is 369 g/mol. The van der Waals surface area contributed by atoms with Crippen LogP contribution in [0, 0.1) is 6.92 Å². The first kappa shape index (κ1) is 18.2. The number of fused-ring (bicyclic) bond motifs is 1. The SMILES string of the molecule is Cc1ncccc1-c1c(-c2ccc(C(F)(F)F)cc2)nn2c1C(=O)NC[C@H]2C. The number of aryl methyl sites for hydroxylation is 1. The van der Waals surface area contributed by atoms with Crippen molar-refractivity contribution < 1.29 is 18.0 Å². The van der Waals surface area contributed by atoms with Gasteiger partial charge in [0.05, 0.1) is 11.6 Å². The zero-order valence-electron chi connectivity index (χ0n) is 15.2. The Bertz CT molecular complexity index is 1050. The molecule has 5 nitrogen and oxygen atoms in total. The minimum absolute atomic E-state index is 0.0772. The Balaban J connectivity index is 1.96. The summed E-state index contributed by atoms with van der Waals surface area (Å²) in [6.07, 6.45) is -2.77. The highest BCUT2D eigenvalue weighted by molar-refractivity contribution is 6.03. The molecule has 3 heterocycles. The van der Waals surface area contributed by atoms with E-state index in [0.717, 1.165) is 17.7 Å². The third-order valence-corrected chi connectivity index (χ3v) is 4.86. The normalized spacial score (nSPS) is 16.6. The fourth-order valence-corrected chi connectivity index (χ4v) is 3.40. The summed E-state index contributed by atoms with van der Waals surface area (Å²) < 4.78 is 40.4. The van der Waals surface area contributed by atoms with Gasteiger partial charge in [0, 0.05) is 35.1 Å². The first-order chi connectivity index (χ1) is 13.3. The number of alkyl halides is 3. The highest BCUT2D eigenvalue weighted by Gasteiger charge is 2.33. The van der Waals surface area contributed by atoms with E-state index >= 15 is 0 Å². The fourth-order valence-electron chi connectivity index (χ4n) is 3.40. The number of amides is 1. The molecule has 0 spiro atoms. The highest BCUT2D eigenvalue weighted by atomic mass is 19.4. The van der Waals surface area contributed by atoms with Gasteiger partial charge >= 0.3 is 6.18 Å². The van der Waals surface area contributed by atoms with Crippen LogP contribution in [-0.2, 0) is 6.18 Å². The van der Waals surface area contributed by atoms with Crippen LogP contribution in [0.3, 0.4) is 0 Å². The third-order valence-electron chi connectivity index (χ3n) is 4.86. The fraction of sp³-hybridized carbons (Fsp3) is 0.250. The van der Waals surface area contributed by atoms with Crippen LogP contribution in [0.2, 0.25) is 0 Å². The quantitative estimate of drug-likeness (QED) is 0.717. The number of hydrogen-bond acceptors (Lipinski definition) is 3. The van der Waals surface area contributed by atoms with Gasteiger partial charge in [0.25, 0.3) is 5.91 Å².